The number of hydrogen-bond donors (Lipinski definition) is 2. The second-order valence-corrected chi connectivity index (χ2v) is 6.98. The Balaban J connectivity index is 1.86. The minimum Gasteiger partial charge on any atom is -0.497 e. The Morgan fingerprint density at radius 1 is 0.969 bits per heavy atom. The Hall–Kier alpha value is -3.49. The van der Waals surface area contributed by atoms with Crippen molar-refractivity contribution in [3.05, 3.63) is 60.3 Å². The molecule has 0 unspecified atom stereocenters. The molecule has 6 nitrogen and oxygen atoms in total. The fourth-order valence-corrected chi connectivity index (χ4v) is 2.91. The van der Waals surface area contributed by atoms with Crippen LogP contribution in [0.2, 0.25) is 0 Å². The van der Waals surface area contributed by atoms with Crippen molar-refractivity contribution >= 4 is 23.1 Å². The molecule has 0 saturated carbocycles. The van der Waals surface area contributed by atoms with E-state index in [9.17, 15) is 13.2 Å². The van der Waals surface area contributed by atoms with Crippen LogP contribution in [0.25, 0.3) is 0 Å². The Bertz CT molecular complexity index is 1010. The van der Waals surface area contributed by atoms with E-state index in [-0.39, 0.29) is 11.8 Å². The number of anilines is 4. The number of alkyl halides is 3. The summed E-state index contributed by atoms with van der Waals surface area (Å²) >= 11 is 0. The SMILES string of the molecule is CCCCCOc1ccccc1Nc1nc(Nc2ccc(OC)cc2)ncc1C(F)(F)F. The number of halogens is 3. The normalized spacial score (nSPS) is 11.2. The van der Waals surface area contributed by atoms with Gasteiger partial charge in [0, 0.05) is 11.9 Å². The molecule has 2 N–H and O–H groups in total. The highest BCUT2D eigenvalue weighted by molar-refractivity contribution is 5.67. The van der Waals surface area contributed by atoms with Crippen molar-refractivity contribution in [1.82, 2.24) is 9.97 Å². The quantitative estimate of drug-likeness (QED) is 0.344. The molecule has 0 spiro atoms. The molecule has 0 fully saturated rings. The first-order chi connectivity index (χ1) is 15.4. The monoisotopic (exact) mass is 446 g/mol. The molecule has 3 aromatic rings. The number of methoxy groups -OCH3 is 1. The molecule has 0 amide bonds. The van der Waals surface area contributed by atoms with Crippen molar-refractivity contribution in [3.63, 3.8) is 0 Å². The second-order valence-electron chi connectivity index (χ2n) is 6.98. The topological polar surface area (TPSA) is 68.3 Å². The second kappa shape index (κ2) is 10.7. The van der Waals surface area contributed by atoms with Crippen LogP contribution in [0, 0.1) is 0 Å². The van der Waals surface area contributed by atoms with Crippen molar-refractivity contribution in [3.8, 4) is 11.5 Å². The van der Waals surface area contributed by atoms with Crippen LogP contribution < -0.4 is 20.1 Å². The number of rotatable bonds is 10. The predicted molar refractivity (Wildman–Crippen MR) is 118 cm³/mol. The molecule has 0 saturated heterocycles. The molecule has 3 rings (SSSR count). The number of ether oxygens (including phenoxy) is 2. The summed E-state index contributed by atoms with van der Waals surface area (Å²) in [6, 6.07) is 13.7. The van der Waals surface area contributed by atoms with Crippen molar-refractivity contribution in [2.45, 2.75) is 32.4 Å². The molecular weight excluding hydrogens is 421 g/mol. The van der Waals surface area contributed by atoms with E-state index < -0.39 is 11.7 Å². The summed E-state index contributed by atoms with van der Waals surface area (Å²) in [5, 5.41) is 5.68. The van der Waals surface area contributed by atoms with Crippen LogP contribution in [0.15, 0.2) is 54.7 Å². The van der Waals surface area contributed by atoms with Crippen molar-refractivity contribution in [2.24, 2.45) is 0 Å². The van der Waals surface area contributed by atoms with E-state index in [4.69, 9.17) is 9.47 Å². The van der Waals surface area contributed by atoms with Gasteiger partial charge in [-0.3, -0.25) is 0 Å². The van der Waals surface area contributed by atoms with Crippen molar-refractivity contribution in [2.75, 3.05) is 24.4 Å². The minimum atomic E-state index is -4.63. The Morgan fingerprint density at radius 3 is 2.41 bits per heavy atom. The van der Waals surface area contributed by atoms with Gasteiger partial charge >= 0.3 is 6.18 Å². The van der Waals surface area contributed by atoms with Gasteiger partial charge in [-0.15, -0.1) is 0 Å². The van der Waals surface area contributed by atoms with E-state index in [1.807, 2.05) is 0 Å². The molecule has 0 radical (unpaired) electrons. The van der Waals surface area contributed by atoms with E-state index in [2.05, 4.69) is 27.5 Å². The smallest absolute Gasteiger partial charge is 0.421 e. The summed E-state index contributed by atoms with van der Waals surface area (Å²) < 4.78 is 51.7. The highest BCUT2D eigenvalue weighted by Gasteiger charge is 2.35. The molecule has 9 heteroatoms. The predicted octanol–water partition coefficient (Wildman–Crippen LogP) is 6.56. The van der Waals surface area contributed by atoms with E-state index in [1.165, 1.54) is 0 Å². The number of aromatic nitrogens is 2. The lowest BCUT2D eigenvalue weighted by molar-refractivity contribution is -0.137. The summed E-state index contributed by atoms with van der Waals surface area (Å²) in [6.45, 7) is 2.56. The first-order valence-corrected chi connectivity index (χ1v) is 10.2. The van der Waals surface area contributed by atoms with Crippen LogP contribution in [0.5, 0.6) is 11.5 Å². The van der Waals surface area contributed by atoms with Crippen LogP contribution in [0.1, 0.15) is 31.7 Å². The van der Waals surface area contributed by atoms with Crippen LogP contribution in [-0.4, -0.2) is 23.7 Å². The molecule has 0 aliphatic rings. The first-order valence-electron chi connectivity index (χ1n) is 10.2. The Labute approximate surface area is 184 Å². The van der Waals surface area contributed by atoms with E-state index >= 15 is 0 Å². The average molecular weight is 446 g/mol. The molecule has 0 bridgehead atoms. The molecule has 0 atom stereocenters. The number of hydrogen-bond acceptors (Lipinski definition) is 6. The summed E-state index contributed by atoms with van der Waals surface area (Å²) in [5.74, 6) is 0.766. The number of unbranched alkanes of at least 4 members (excludes halogenated alkanes) is 2. The molecule has 1 heterocycles. The van der Waals surface area contributed by atoms with E-state index in [1.54, 1.807) is 55.6 Å². The van der Waals surface area contributed by atoms with Crippen LogP contribution in [0.4, 0.5) is 36.3 Å². The first kappa shape index (κ1) is 23.2. The van der Waals surface area contributed by atoms with Gasteiger partial charge in [0.25, 0.3) is 0 Å². The fourth-order valence-electron chi connectivity index (χ4n) is 2.91. The Morgan fingerprint density at radius 2 is 1.72 bits per heavy atom. The molecule has 0 aliphatic heterocycles. The molecule has 2 aromatic carbocycles. The largest absolute Gasteiger partial charge is 0.497 e. The van der Waals surface area contributed by atoms with Crippen LogP contribution >= 0.6 is 0 Å². The zero-order valence-corrected chi connectivity index (χ0v) is 17.9. The maximum absolute atomic E-state index is 13.6. The zero-order chi connectivity index (χ0) is 23.0. The molecular formula is C23H25F3N4O2. The third-order valence-corrected chi connectivity index (χ3v) is 4.59. The van der Waals surface area contributed by atoms with Gasteiger partial charge in [-0.1, -0.05) is 31.9 Å². The summed E-state index contributed by atoms with van der Waals surface area (Å²) in [5.41, 5.74) is 0.0262. The third-order valence-electron chi connectivity index (χ3n) is 4.59. The molecule has 0 aliphatic carbocycles. The summed E-state index contributed by atoms with van der Waals surface area (Å²) in [7, 11) is 1.55. The van der Waals surface area contributed by atoms with Gasteiger partial charge in [0.15, 0.2) is 0 Å². The highest BCUT2D eigenvalue weighted by Crippen LogP contribution is 2.37. The number of nitrogens with one attached hydrogen (secondary N) is 2. The van der Waals surface area contributed by atoms with E-state index in [0.29, 0.717) is 29.5 Å². The van der Waals surface area contributed by atoms with Gasteiger partial charge in [-0.05, 0) is 42.8 Å². The lowest BCUT2D eigenvalue weighted by atomic mass is 10.2. The van der Waals surface area contributed by atoms with Crippen LogP contribution in [0.3, 0.4) is 0 Å². The highest BCUT2D eigenvalue weighted by atomic mass is 19.4. The van der Waals surface area contributed by atoms with Gasteiger partial charge in [-0.2, -0.15) is 18.2 Å². The lowest BCUT2D eigenvalue weighted by Crippen LogP contribution is -2.13. The van der Waals surface area contributed by atoms with Gasteiger partial charge in [-0.25, -0.2) is 4.98 Å². The van der Waals surface area contributed by atoms with Crippen LogP contribution in [-0.2, 0) is 6.18 Å². The summed E-state index contributed by atoms with van der Waals surface area (Å²) in [4.78, 5) is 7.92. The molecule has 32 heavy (non-hydrogen) atoms. The van der Waals surface area contributed by atoms with Crippen molar-refractivity contribution in [1.29, 1.82) is 0 Å². The van der Waals surface area contributed by atoms with Gasteiger partial charge < -0.3 is 20.1 Å². The van der Waals surface area contributed by atoms with E-state index in [0.717, 1.165) is 25.5 Å². The average Bonchev–Trinajstić information content (AvgIpc) is 2.78. The van der Waals surface area contributed by atoms with Gasteiger partial charge in [0.1, 0.15) is 22.9 Å². The minimum absolute atomic E-state index is 0.0204. The maximum atomic E-state index is 13.6. The van der Waals surface area contributed by atoms with Crippen molar-refractivity contribution < 1.29 is 22.6 Å². The van der Waals surface area contributed by atoms with Gasteiger partial charge in [0.05, 0.1) is 19.4 Å². The third kappa shape index (κ3) is 6.26. The lowest BCUT2D eigenvalue weighted by Gasteiger charge is -2.17. The molecule has 170 valence electrons. The number of benzene rings is 2. The Kier molecular flexibility index (Phi) is 7.75. The summed E-state index contributed by atoms with van der Waals surface area (Å²) in [6.07, 6.45) is -0.949. The standard InChI is InChI=1S/C23H25F3N4O2/c1-3-4-7-14-32-20-9-6-5-8-19(20)29-21-18(23(24,25)26)15-27-22(30-21)28-16-10-12-17(31-2)13-11-16/h5-6,8-13,15H,3-4,7,14H2,1-2H3,(H2,27,28,29,30). The number of para-hydroxylation sites is 2. The zero-order valence-electron chi connectivity index (χ0n) is 17.9. The maximum Gasteiger partial charge on any atom is 0.421 e. The van der Waals surface area contributed by atoms with Gasteiger partial charge in [0.2, 0.25) is 5.95 Å². The molecule has 1 aromatic heterocycles. The number of nitrogens with zero attached hydrogens (tertiary/aromatic N) is 2. The fraction of sp³-hybridized carbons (Fsp3) is 0.304.